The zero-order valence-corrected chi connectivity index (χ0v) is 12.9. The molecule has 22 heavy (non-hydrogen) atoms. The number of ketones is 1. The minimum Gasteiger partial charge on any atom is -0.465 e. The van der Waals surface area contributed by atoms with E-state index in [1.165, 1.54) is 13.0 Å². The van der Waals surface area contributed by atoms with Gasteiger partial charge in [0, 0.05) is 6.42 Å². The normalized spacial score (nSPS) is 11.4. The van der Waals surface area contributed by atoms with E-state index in [0.717, 1.165) is 11.1 Å². The Balaban J connectivity index is 2.44. The predicted molar refractivity (Wildman–Crippen MR) is 83.2 cm³/mol. The Labute approximate surface area is 130 Å². The highest BCUT2D eigenvalue weighted by Gasteiger charge is 2.08. The third-order valence-electron chi connectivity index (χ3n) is 3.07. The van der Waals surface area contributed by atoms with Crippen molar-refractivity contribution in [3.05, 3.63) is 48.0 Å². The molecule has 0 saturated heterocycles. The standard InChI is InChI=1S/C17H21NO4/c1-4-16(20)18-13(3)15-7-5-14(6-8-15)9-10-22-17(21)11-12(2)19/h4-8,13H,1,9-11H2,2-3H3,(H,18,20). The van der Waals surface area contributed by atoms with E-state index in [1.807, 2.05) is 31.2 Å². The summed E-state index contributed by atoms with van der Waals surface area (Å²) in [6.07, 6.45) is 1.64. The van der Waals surface area contributed by atoms with E-state index in [4.69, 9.17) is 4.74 Å². The summed E-state index contributed by atoms with van der Waals surface area (Å²) in [6, 6.07) is 7.57. The number of ether oxygens (including phenoxy) is 1. The number of Topliss-reactive ketones (excluding diaryl/α,β-unsaturated/α-hetero) is 1. The summed E-state index contributed by atoms with van der Waals surface area (Å²) in [7, 11) is 0. The molecule has 0 aromatic heterocycles. The fourth-order valence-electron chi connectivity index (χ4n) is 1.87. The molecule has 5 nitrogen and oxygen atoms in total. The molecule has 0 aliphatic heterocycles. The highest BCUT2D eigenvalue weighted by molar-refractivity contribution is 5.94. The van der Waals surface area contributed by atoms with Gasteiger partial charge in [0.2, 0.25) is 5.91 Å². The second-order valence-corrected chi connectivity index (χ2v) is 5.03. The van der Waals surface area contributed by atoms with Crippen molar-refractivity contribution in [2.75, 3.05) is 6.61 Å². The number of rotatable bonds is 8. The molecule has 1 aromatic rings. The van der Waals surface area contributed by atoms with Gasteiger partial charge in [-0.25, -0.2) is 0 Å². The number of amides is 1. The average Bonchev–Trinajstić information content (AvgIpc) is 2.46. The first-order chi connectivity index (χ1) is 10.4. The van der Waals surface area contributed by atoms with Crippen LogP contribution in [-0.4, -0.2) is 24.3 Å². The third kappa shape index (κ3) is 6.35. The van der Waals surface area contributed by atoms with Crippen LogP contribution in [0.4, 0.5) is 0 Å². The van der Waals surface area contributed by atoms with Gasteiger partial charge in [-0.1, -0.05) is 30.8 Å². The van der Waals surface area contributed by atoms with Gasteiger partial charge in [0.25, 0.3) is 0 Å². The summed E-state index contributed by atoms with van der Waals surface area (Å²) in [5, 5.41) is 2.78. The van der Waals surface area contributed by atoms with Crippen LogP contribution in [0.25, 0.3) is 0 Å². The van der Waals surface area contributed by atoms with Crippen LogP contribution in [0.3, 0.4) is 0 Å². The lowest BCUT2D eigenvalue weighted by Gasteiger charge is -2.13. The van der Waals surface area contributed by atoms with Crippen molar-refractivity contribution in [2.24, 2.45) is 0 Å². The van der Waals surface area contributed by atoms with Crippen LogP contribution in [0.2, 0.25) is 0 Å². The Morgan fingerprint density at radius 1 is 1.27 bits per heavy atom. The molecular formula is C17H21NO4. The van der Waals surface area contributed by atoms with Crippen molar-refractivity contribution in [3.63, 3.8) is 0 Å². The van der Waals surface area contributed by atoms with Crippen molar-refractivity contribution in [1.82, 2.24) is 5.32 Å². The number of esters is 1. The third-order valence-corrected chi connectivity index (χ3v) is 3.07. The molecule has 5 heteroatoms. The number of hydrogen-bond acceptors (Lipinski definition) is 4. The Hall–Kier alpha value is -2.43. The summed E-state index contributed by atoms with van der Waals surface area (Å²) in [5.41, 5.74) is 1.99. The monoisotopic (exact) mass is 303 g/mol. The fraction of sp³-hybridized carbons (Fsp3) is 0.353. The van der Waals surface area contributed by atoms with Gasteiger partial charge in [-0.05, 0) is 31.1 Å². The molecule has 0 fully saturated rings. The molecule has 0 saturated carbocycles. The molecule has 0 radical (unpaired) electrons. The van der Waals surface area contributed by atoms with Crippen molar-refractivity contribution in [2.45, 2.75) is 32.7 Å². The number of benzene rings is 1. The number of hydrogen-bond donors (Lipinski definition) is 1. The minimum absolute atomic E-state index is 0.104. The van der Waals surface area contributed by atoms with Gasteiger partial charge in [-0.3, -0.25) is 14.4 Å². The summed E-state index contributed by atoms with van der Waals surface area (Å²) in [6.45, 7) is 6.90. The Morgan fingerprint density at radius 2 is 1.91 bits per heavy atom. The first-order valence-electron chi connectivity index (χ1n) is 7.09. The molecule has 0 heterocycles. The summed E-state index contributed by atoms with van der Waals surface area (Å²) < 4.78 is 4.97. The topological polar surface area (TPSA) is 72.5 Å². The number of nitrogens with one attached hydrogen (secondary N) is 1. The lowest BCUT2D eigenvalue weighted by atomic mass is 10.0. The highest BCUT2D eigenvalue weighted by atomic mass is 16.5. The van der Waals surface area contributed by atoms with Gasteiger partial charge in [-0.2, -0.15) is 0 Å². The molecule has 118 valence electrons. The van der Waals surface area contributed by atoms with Crippen LogP contribution in [-0.2, 0) is 25.5 Å². The van der Waals surface area contributed by atoms with Gasteiger partial charge in [-0.15, -0.1) is 0 Å². The number of carbonyl (C=O) groups excluding carboxylic acids is 3. The van der Waals surface area contributed by atoms with E-state index < -0.39 is 5.97 Å². The molecule has 1 amide bonds. The SMILES string of the molecule is C=CC(=O)NC(C)c1ccc(CCOC(=O)CC(C)=O)cc1. The smallest absolute Gasteiger partial charge is 0.313 e. The molecule has 0 spiro atoms. The molecule has 1 unspecified atom stereocenters. The van der Waals surface area contributed by atoms with Crippen LogP contribution < -0.4 is 5.32 Å². The second kappa shape index (κ2) is 8.77. The zero-order valence-electron chi connectivity index (χ0n) is 12.9. The predicted octanol–water partition coefficient (Wildman–Crippen LogP) is 2.11. The molecule has 1 rings (SSSR count). The van der Waals surface area contributed by atoms with E-state index >= 15 is 0 Å². The quantitative estimate of drug-likeness (QED) is 0.453. The first-order valence-corrected chi connectivity index (χ1v) is 7.09. The van der Waals surface area contributed by atoms with E-state index in [2.05, 4.69) is 11.9 Å². The maximum atomic E-state index is 11.2. The molecular weight excluding hydrogens is 282 g/mol. The first kappa shape index (κ1) is 17.6. The highest BCUT2D eigenvalue weighted by Crippen LogP contribution is 2.13. The molecule has 1 atom stereocenters. The van der Waals surface area contributed by atoms with Crippen molar-refractivity contribution in [3.8, 4) is 0 Å². The van der Waals surface area contributed by atoms with Crippen molar-refractivity contribution >= 4 is 17.7 Å². The second-order valence-electron chi connectivity index (χ2n) is 5.03. The van der Waals surface area contributed by atoms with Gasteiger partial charge >= 0.3 is 5.97 Å². The molecule has 0 aliphatic carbocycles. The molecule has 0 aliphatic rings. The minimum atomic E-state index is -0.495. The van der Waals surface area contributed by atoms with Crippen molar-refractivity contribution < 1.29 is 19.1 Å². The Morgan fingerprint density at radius 3 is 2.45 bits per heavy atom. The Kier molecular flexibility index (Phi) is 7.02. The maximum Gasteiger partial charge on any atom is 0.313 e. The maximum absolute atomic E-state index is 11.2. The average molecular weight is 303 g/mol. The van der Waals surface area contributed by atoms with Gasteiger partial charge in [0.15, 0.2) is 0 Å². The van der Waals surface area contributed by atoms with E-state index in [1.54, 1.807) is 0 Å². The molecule has 0 bridgehead atoms. The van der Waals surface area contributed by atoms with Gasteiger partial charge in [0.1, 0.15) is 12.2 Å². The van der Waals surface area contributed by atoms with Crippen LogP contribution in [0.15, 0.2) is 36.9 Å². The van der Waals surface area contributed by atoms with E-state index in [0.29, 0.717) is 6.42 Å². The van der Waals surface area contributed by atoms with Crippen LogP contribution in [0, 0.1) is 0 Å². The lowest BCUT2D eigenvalue weighted by Crippen LogP contribution is -2.24. The number of carbonyl (C=O) groups is 3. The van der Waals surface area contributed by atoms with E-state index in [-0.39, 0.29) is 30.8 Å². The fourth-order valence-corrected chi connectivity index (χ4v) is 1.87. The van der Waals surface area contributed by atoms with Gasteiger partial charge < -0.3 is 10.1 Å². The summed E-state index contributed by atoms with van der Waals surface area (Å²) in [4.78, 5) is 33.2. The summed E-state index contributed by atoms with van der Waals surface area (Å²) >= 11 is 0. The van der Waals surface area contributed by atoms with Crippen LogP contribution in [0.1, 0.15) is 37.4 Å². The largest absolute Gasteiger partial charge is 0.465 e. The summed E-state index contributed by atoms with van der Waals surface area (Å²) in [5.74, 6) is -0.913. The zero-order chi connectivity index (χ0) is 16.5. The van der Waals surface area contributed by atoms with Crippen LogP contribution in [0.5, 0.6) is 0 Å². The van der Waals surface area contributed by atoms with Crippen LogP contribution >= 0.6 is 0 Å². The Bertz CT molecular complexity index is 548. The molecule has 1 N–H and O–H groups in total. The van der Waals surface area contributed by atoms with Gasteiger partial charge in [0.05, 0.1) is 12.6 Å². The van der Waals surface area contributed by atoms with E-state index in [9.17, 15) is 14.4 Å². The lowest BCUT2D eigenvalue weighted by molar-refractivity contribution is -0.145. The van der Waals surface area contributed by atoms with Crippen molar-refractivity contribution in [1.29, 1.82) is 0 Å². The molecule has 1 aromatic carbocycles.